The standard InChI is InChI=1S/C17H22N4O4S/c1-23-11-15-19-20-17(26-15)18-14(22)10-21-7-4-8-25-16-12(9-21)5-3-6-13(16)24-2/h3,5-6H,4,7-11H2,1-2H3,(H,18,20,22). The molecule has 0 aliphatic carbocycles. The van der Waals surface area contributed by atoms with Crippen LogP contribution in [0.2, 0.25) is 0 Å². The minimum Gasteiger partial charge on any atom is -0.493 e. The first-order valence-corrected chi connectivity index (χ1v) is 9.13. The third-order valence-electron chi connectivity index (χ3n) is 3.89. The predicted octanol–water partition coefficient (Wildman–Crippen LogP) is 1.92. The number of hydrogen-bond donors (Lipinski definition) is 1. The number of nitrogens with one attached hydrogen (secondary N) is 1. The minimum atomic E-state index is -0.115. The van der Waals surface area contributed by atoms with Crippen LogP contribution in [-0.2, 0) is 22.7 Å². The van der Waals surface area contributed by atoms with Crippen LogP contribution in [0.25, 0.3) is 0 Å². The average molecular weight is 378 g/mol. The van der Waals surface area contributed by atoms with Gasteiger partial charge in [-0.05, 0) is 12.5 Å². The van der Waals surface area contributed by atoms with Crippen LogP contribution >= 0.6 is 11.3 Å². The number of amides is 1. The fourth-order valence-corrected chi connectivity index (χ4v) is 3.50. The lowest BCUT2D eigenvalue weighted by molar-refractivity contribution is -0.117. The molecule has 0 unspecified atom stereocenters. The normalized spacial score (nSPS) is 14.7. The molecule has 1 N–H and O–H groups in total. The molecule has 1 aliphatic heterocycles. The monoisotopic (exact) mass is 378 g/mol. The summed E-state index contributed by atoms with van der Waals surface area (Å²) in [5, 5.41) is 11.9. The molecule has 0 fully saturated rings. The van der Waals surface area contributed by atoms with Crippen LogP contribution in [-0.4, -0.2) is 54.9 Å². The van der Waals surface area contributed by atoms with Gasteiger partial charge in [0.25, 0.3) is 0 Å². The number of para-hydroxylation sites is 1. The van der Waals surface area contributed by atoms with E-state index in [1.807, 2.05) is 18.2 Å². The van der Waals surface area contributed by atoms with Crippen molar-refractivity contribution in [1.82, 2.24) is 15.1 Å². The highest BCUT2D eigenvalue weighted by Gasteiger charge is 2.19. The molecule has 0 bridgehead atoms. The summed E-state index contributed by atoms with van der Waals surface area (Å²) >= 11 is 1.31. The van der Waals surface area contributed by atoms with Crippen LogP contribution in [0.5, 0.6) is 11.5 Å². The van der Waals surface area contributed by atoms with Gasteiger partial charge in [-0.25, -0.2) is 0 Å². The number of methoxy groups -OCH3 is 2. The van der Waals surface area contributed by atoms with Gasteiger partial charge in [0.2, 0.25) is 11.0 Å². The smallest absolute Gasteiger partial charge is 0.240 e. The summed E-state index contributed by atoms with van der Waals surface area (Å²) < 4.78 is 16.2. The second-order valence-electron chi connectivity index (χ2n) is 5.84. The van der Waals surface area contributed by atoms with Crippen molar-refractivity contribution in [2.24, 2.45) is 0 Å². The molecular weight excluding hydrogens is 356 g/mol. The van der Waals surface area contributed by atoms with Gasteiger partial charge < -0.3 is 14.2 Å². The zero-order valence-electron chi connectivity index (χ0n) is 14.9. The van der Waals surface area contributed by atoms with Crippen LogP contribution in [0.3, 0.4) is 0 Å². The van der Waals surface area contributed by atoms with E-state index in [4.69, 9.17) is 14.2 Å². The highest BCUT2D eigenvalue weighted by molar-refractivity contribution is 7.15. The first kappa shape index (κ1) is 18.6. The maximum absolute atomic E-state index is 12.4. The Hall–Kier alpha value is -2.23. The Labute approximate surface area is 156 Å². The maximum atomic E-state index is 12.4. The molecule has 9 heteroatoms. The van der Waals surface area contributed by atoms with Gasteiger partial charge in [-0.1, -0.05) is 23.5 Å². The quantitative estimate of drug-likeness (QED) is 0.822. The zero-order chi connectivity index (χ0) is 18.4. The van der Waals surface area contributed by atoms with Crippen molar-refractivity contribution in [2.75, 3.05) is 39.2 Å². The van der Waals surface area contributed by atoms with E-state index in [1.54, 1.807) is 14.2 Å². The number of hydrogen-bond acceptors (Lipinski definition) is 8. The summed E-state index contributed by atoms with van der Waals surface area (Å²) in [5.74, 6) is 1.36. The molecule has 1 aromatic carbocycles. The highest BCUT2D eigenvalue weighted by Crippen LogP contribution is 2.33. The Balaban J connectivity index is 1.63. The zero-order valence-corrected chi connectivity index (χ0v) is 15.7. The SMILES string of the molecule is COCc1nnc(NC(=O)CN2CCCOc3c(cccc3OC)C2)s1. The van der Waals surface area contributed by atoms with E-state index in [9.17, 15) is 4.79 Å². The molecule has 1 aromatic heterocycles. The topological polar surface area (TPSA) is 85.8 Å². The molecule has 2 aromatic rings. The lowest BCUT2D eigenvalue weighted by Gasteiger charge is -2.26. The number of carbonyl (C=O) groups excluding carboxylic acids is 1. The minimum absolute atomic E-state index is 0.115. The highest BCUT2D eigenvalue weighted by atomic mass is 32.1. The predicted molar refractivity (Wildman–Crippen MR) is 97.6 cm³/mol. The fourth-order valence-electron chi connectivity index (χ4n) is 2.78. The molecular formula is C17H22N4O4S. The largest absolute Gasteiger partial charge is 0.493 e. The summed E-state index contributed by atoms with van der Waals surface area (Å²) in [7, 11) is 3.22. The third kappa shape index (κ3) is 4.69. The average Bonchev–Trinajstić information content (AvgIpc) is 3.04. The van der Waals surface area contributed by atoms with E-state index in [-0.39, 0.29) is 12.5 Å². The van der Waals surface area contributed by atoms with Crippen molar-refractivity contribution >= 4 is 22.4 Å². The molecule has 1 aliphatic rings. The van der Waals surface area contributed by atoms with E-state index in [0.29, 0.717) is 30.6 Å². The van der Waals surface area contributed by atoms with Crippen molar-refractivity contribution < 1.29 is 19.0 Å². The molecule has 0 saturated carbocycles. The number of aromatic nitrogens is 2. The lowest BCUT2D eigenvalue weighted by Crippen LogP contribution is -2.35. The number of fused-ring (bicyclic) bond motifs is 1. The van der Waals surface area contributed by atoms with Gasteiger partial charge in [-0.3, -0.25) is 15.0 Å². The molecule has 0 spiro atoms. The Bertz CT molecular complexity index is 752. The fraction of sp³-hybridized carbons (Fsp3) is 0.471. The lowest BCUT2D eigenvalue weighted by atomic mass is 10.1. The summed E-state index contributed by atoms with van der Waals surface area (Å²) in [4.78, 5) is 14.5. The Morgan fingerprint density at radius 2 is 2.27 bits per heavy atom. The third-order valence-corrected chi connectivity index (χ3v) is 4.70. The van der Waals surface area contributed by atoms with E-state index < -0.39 is 0 Å². The molecule has 1 amide bonds. The molecule has 140 valence electrons. The maximum Gasteiger partial charge on any atom is 0.240 e. The van der Waals surface area contributed by atoms with Gasteiger partial charge in [0.05, 0.1) is 20.3 Å². The van der Waals surface area contributed by atoms with E-state index in [1.165, 1.54) is 11.3 Å². The van der Waals surface area contributed by atoms with Crippen molar-refractivity contribution in [1.29, 1.82) is 0 Å². The van der Waals surface area contributed by atoms with Crippen LogP contribution in [0.15, 0.2) is 18.2 Å². The second-order valence-corrected chi connectivity index (χ2v) is 6.91. The van der Waals surface area contributed by atoms with Gasteiger partial charge in [0.1, 0.15) is 11.6 Å². The Morgan fingerprint density at radius 1 is 1.38 bits per heavy atom. The number of ether oxygens (including phenoxy) is 3. The number of benzene rings is 1. The summed E-state index contributed by atoms with van der Waals surface area (Å²) in [6.45, 7) is 2.64. The molecule has 0 radical (unpaired) electrons. The number of nitrogens with zero attached hydrogens (tertiary/aromatic N) is 3. The van der Waals surface area contributed by atoms with Crippen molar-refractivity contribution in [2.45, 2.75) is 19.6 Å². The van der Waals surface area contributed by atoms with Crippen LogP contribution < -0.4 is 14.8 Å². The summed E-state index contributed by atoms with van der Waals surface area (Å²) in [6.07, 6.45) is 0.835. The number of carbonyl (C=O) groups is 1. The molecule has 3 rings (SSSR count). The first-order valence-electron chi connectivity index (χ1n) is 8.32. The Morgan fingerprint density at radius 3 is 3.08 bits per heavy atom. The van der Waals surface area contributed by atoms with Crippen molar-refractivity contribution in [3.8, 4) is 11.5 Å². The number of anilines is 1. The molecule has 26 heavy (non-hydrogen) atoms. The van der Waals surface area contributed by atoms with E-state index in [0.717, 1.165) is 29.3 Å². The van der Waals surface area contributed by atoms with Crippen molar-refractivity contribution in [3.63, 3.8) is 0 Å². The summed E-state index contributed by atoms with van der Waals surface area (Å²) in [5.41, 5.74) is 1.01. The molecule has 0 saturated heterocycles. The van der Waals surface area contributed by atoms with E-state index in [2.05, 4.69) is 20.4 Å². The van der Waals surface area contributed by atoms with Crippen LogP contribution in [0.4, 0.5) is 5.13 Å². The van der Waals surface area contributed by atoms with Gasteiger partial charge in [-0.15, -0.1) is 10.2 Å². The van der Waals surface area contributed by atoms with Crippen LogP contribution in [0.1, 0.15) is 17.0 Å². The summed E-state index contributed by atoms with van der Waals surface area (Å²) in [6, 6.07) is 5.81. The second kappa shape index (κ2) is 8.93. The van der Waals surface area contributed by atoms with Gasteiger partial charge in [0, 0.05) is 25.8 Å². The van der Waals surface area contributed by atoms with Gasteiger partial charge in [-0.2, -0.15) is 0 Å². The van der Waals surface area contributed by atoms with Crippen LogP contribution in [0, 0.1) is 0 Å². The first-order chi connectivity index (χ1) is 12.7. The molecule has 8 nitrogen and oxygen atoms in total. The Kier molecular flexibility index (Phi) is 6.37. The van der Waals surface area contributed by atoms with E-state index >= 15 is 0 Å². The van der Waals surface area contributed by atoms with Gasteiger partial charge >= 0.3 is 0 Å². The molecule has 2 heterocycles. The van der Waals surface area contributed by atoms with Crippen molar-refractivity contribution in [3.05, 3.63) is 28.8 Å². The molecule has 0 atom stereocenters. The number of rotatable bonds is 6. The van der Waals surface area contributed by atoms with Gasteiger partial charge in [0.15, 0.2) is 11.5 Å².